The average Bonchev–Trinajstić information content (AvgIpc) is 3.03. The summed E-state index contributed by atoms with van der Waals surface area (Å²) >= 11 is 1.46. The second-order valence-electron chi connectivity index (χ2n) is 6.96. The van der Waals surface area contributed by atoms with Gasteiger partial charge in [-0.3, -0.25) is 4.79 Å². The Labute approximate surface area is 165 Å². The number of fused-ring (bicyclic) bond motifs is 2. The molecular weight excluding hydrogens is 374 g/mol. The molecule has 4 rings (SSSR count). The van der Waals surface area contributed by atoms with Crippen LogP contribution in [-0.2, 0) is 12.8 Å². The fourth-order valence-electron chi connectivity index (χ4n) is 3.61. The fourth-order valence-corrected chi connectivity index (χ4v) is 4.99. The minimum absolute atomic E-state index is 0.147. The largest absolute Gasteiger partial charge is 0.493 e. The van der Waals surface area contributed by atoms with Crippen LogP contribution < -0.4 is 16.0 Å². The molecule has 3 aromatic rings. The smallest absolute Gasteiger partial charge is 0.252 e. The molecule has 0 fully saturated rings. The SMILES string of the molecule is COc1cccc2cc(C#N)/c(=N/c3sc4c(c3C(N)=O)CCC(C)C4)oc12. The molecule has 28 heavy (non-hydrogen) atoms. The Balaban J connectivity index is 1.98. The number of carbonyl (C=O) groups is 1. The Morgan fingerprint density at radius 2 is 2.29 bits per heavy atom. The maximum atomic E-state index is 12.1. The topological polar surface area (TPSA) is 102 Å². The molecule has 1 aliphatic rings. The van der Waals surface area contributed by atoms with Crippen LogP contribution in [0.25, 0.3) is 11.0 Å². The van der Waals surface area contributed by atoms with E-state index < -0.39 is 5.91 Å². The molecule has 0 spiro atoms. The Morgan fingerprint density at radius 1 is 1.46 bits per heavy atom. The van der Waals surface area contributed by atoms with Crippen molar-refractivity contribution in [2.24, 2.45) is 16.6 Å². The van der Waals surface area contributed by atoms with Crippen molar-refractivity contribution in [3.05, 3.63) is 51.4 Å². The van der Waals surface area contributed by atoms with E-state index in [1.807, 2.05) is 12.1 Å². The van der Waals surface area contributed by atoms with Crippen molar-refractivity contribution < 1.29 is 13.9 Å². The Kier molecular flexibility index (Phi) is 4.65. The molecule has 1 aromatic carbocycles. The van der Waals surface area contributed by atoms with Gasteiger partial charge in [0.2, 0.25) is 5.55 Å². The molecule has 1 amide bonds. The predicted molar refractivity (Wildman–Crippen MR) is 107 cm³/mol. The number of nitrogens with zero attached hydrogens (tertiary/aromatic N) is 2. The second-order valence-corrected chi connectivity index (χ2v) is 8.05. The van der Waals surface area contributed by atoms with Gasteiger partial charge in [0.25, 0.3) is 5.91 Å². The number of methoxy groups -OCH3 is 1. The van der Waals surface area contributed by atoms with Gasteiger partial charge in [-0.1, -0.05) is 19.1 Å². The lowest BCUT2D eigenvalue weighted by Gasteiger charge is -2.18. The first-order valence-electron chi connectivity index (χ1n) is 9.01. The summed E-state index contributed by atoms with van der Waals surface area (Å²) in [5.74, 6) is 0.611. The van der Waals surface area contributed by atoms with E-state index in [9.17, 15) is 10.1 Å². The minimum atomic E-state index is -0.498. The van der Waals surface area contributed by atoms with Crippen LogP contribution in [0.3, 0.4) is 0 Å². The molecule has 7 heteroatoms. The van der Waals surface area contributed by atoms with E-state index in [4.69, 9.17) is 14.9 Å². The zero-order valence-corrected chi connectivity index (χ0v) is 16.4. The zero-order chi connectivity index (χ0) is 19.8. The molecule has 1 aliphatic carbocycles. The Morgan fingerprint density at radius 3 is 3.00 bits per heavy atom. The molecule has 0 saturated carbocycles. The van der Waals surface area contributed by atoms with Gasteiger partial charge in [-0.05, 0) is 42.9 Å². The van der Waals surface area contributed by atoms with Crippen LogP contribution in [0.2, 0.25) is 0 Å². The first-order valence-corrected chi connectivity index (χ1v) is 9.83. The fraction of sp³-hybridized carbons (Fsp3) is 0.286. The quantitative estimate of drug-likeness (QED) is 0.730. The van der Waals surface area contributed by atoms with Crippen LogP contribution in [0.5, 0.6) is 5.75 Å². The lowest BCUT2D eigenvalue weighted by atomic mass is 9.88. The van der Waals surface area contributed by atoms with Crippen molar-refractivity contribution >= 4 is 33.2 Å². The number of nitrogens with two attached hydrogens (primary N) is 1. The van der Waals surface area contributed by atoms with Crippen LogP contribution in [0.1, 0.15) is 39.7 Å². The maximum Gasteiger partial charge on any atom is 0.252 e. The van der Waals surface area contributed by atoms with Gasteiger partial charge in [0, 0.05) is 10.3 Å². The van der Waals surface area contributed by atoms with Crippen molar-refractivity contribution in [3.63, 3.8) is 0 Å². The van der Waals surface area contributed by atoms with Crippen LogP contribution in [0, 0.1) is 17.2 Å². The number of rotatable bonds is 3. The van der Waals surface area contributed by atoms with E-state index in [1.54, 1.807) is 19.2 Å². The lowest BCUT2D eigenvalue weighted by Crippen LogP contribution is -2.16. The molecule has 2 heterocycles. The third-order valence-corrected chi connectivity index (χ3v) is 6.17. The number of primary amides is 1. The summed E-state index contributed by atoms with van der Waals surface area (Å²) in [6, 6.07) is 9.28. The average molecular weight is 393 g/mol. The summed E-state index contributed by atoms with van der Waals surface area (Å²) in [4.78, 5) is 17.9. The highest BCUT2D eigenvalue weighted by Gasteiger charge is 2.26. The summed E-state index contributed by atoms with van der Waals surface area (Å²) in [7, 11) is 1.55. The van der Waals surface area contributed by atoms with Crippen molar-refractivity contribution in [2.75, 3.05) is 7.11 Å². The van der Waals surface area contributed by atoms with Gasteiger partial charge in [-0.25, -0.2) is 4.99 Å². The minimum Gasteiger partial charge on any atom is -0.493 e. The summed E-state index contributed by atoms with van der Waals surface area (Å²) in [6.45, 7) is 2.20. The molecule has 0 bridgehead atoms. The van der Waals surface area contributed by atoms with Crippen molar-refractivity contribution in [2.45, 2.75) is 26.2 Å². The molecule has 0 radical (unpaired) electrons. The monoisotopic (exact) mass is 393 g/mol. The van der Waals surface area contributed by atoms with Crippen LogP contribution in [0.15, 0.2) is 33.7 Å². The number of amides is 1. The van der Waals surface area contributed by atoms with E-state index in [-0.39, 0.29) is 11.1 Å². The summed E-state index contributed by atoms with van der Waals surface area (Å²) < 4.78 is 11.3. The van der Waals surface area contributed by atoms with E-state index in [0.29, 0.717) is 27.8 Å². The van der Waals surface area contributed by atoms with Crippen molar-refractivity contribution in [1.82, 2.24) is 0 Å². The summed E-state index contributed by atoms with van der Waals surface area (Å²) in [6.07, 6.45) is 2.74. The number of nitriles is 1. The number of para-hydroxylation sites is 1. The van der Waals surface area contributed by atoms with E-state index >= 15 is 0 Å². The van der Waals surface area contributed by atoms with Gasteiger partial charge in [0.05, 0.1) is 12.7 Å². The van der Waals surface area contributed by atoms with Crippen molar-refractivity contribution in [1.29, 1.82) is 5.26 Å². The number of thiophene rings is 1. The Bertz CT molecular complexity index is 1200. The first kappa shape index (κ1) is 18.3. The van der Waals surface area contributed by atoms with Crippen molar-refractivity contribution in [3.8, 4) is 11.8 Å². The molecule has 1 atom stereocenters. The van der Waals surface area contributed by atoms with Gasteiger partial charge in [0.1, 0.15) is 16.6 Å². The number of hydrogen-bond acceptors (Lipinski definition) is 6. The summed E-state index contributed by atoms with van der Waals surface area (Å²) in [5, 5.41) is 10.8. The predicted octanol–water partition coefficient (Wildman–Crippen LogP) is 3.83. The standard InChI is InChI=1S/C21H19N3O3S/c1-11-6-7-14-16(8-11)28-21(17(14)19(23)25)24-20-13(10-22)9-12-4-3-5-15(26-2)18(12)27-20/h3-5,9,11H,6-8H2,1-2H3,(H2,23,25)/b24-20-. The highest BCUT2D eigenvalue weighted by Crippen LogP contribution is 2.40. The molecule has 2 aromatic heterocycles. The molecule has 1 unspecified atom stereocenters. The zero-order valence-electron chi connectivity index (χ0n) is 15.6. The summed E-state index contributed by atoms with van der Waals surface area (Å²) in [5.41, 5.74) is 8.05. The third-order valence-electron chi connectivity index (χ3n) is 5.02. The molecule has 0 aliphatic heterocycles. The van der Waals surface area contributed by atoms with Crippen LogP contribution >= 0.6 is 11.3 Å². The third kappa shape index (κ3) is 3.06. The number of carbonyl (C=O) groups excluding carboxylic acids is 1. The molecular formula is C21H19N3O3S. The number of benzene rings is 1. The number of ether oxygens (including phenoxy) is 1. The molecule has 6 nitrogen and oxygen atoms in total. The van der Waals surface area contributed by atoms with E-state index in [1.165, 1.54) is 11.3 Å². The second kappa shape index (κ2) is 7.13. The van der Waals surface area contributed by atoms with Gasteiger partial charge in [0.15, 0.2) is 11.3 Å². The lowest BCUT2D eigenvalue weighted by molar-refractivity contribution is 0.1000. The molecule has 2 N–H and O–H groups in total. The van der Waals surface area contributed by atoms with E-state index in [2.05, 4.69) is 18.0 Å². The van der Waals surface area contributed by atoms with Gasteiger partial charge >= 0.3 is 0 Å². The van der Waals surface area contributed by atoms with Crippen LogP contribution in [-0.4, -0.2) is 13.0 Å². The molecule has 0 saturated heterocycles. The van der Waals surface area contributed by atoms with E-state index in [0.717, 1.165) is 35.1 Å². The van der Waals surface area contributed by atoms with Crippen LogP contribution in [0.4, 0.5) is 5.00 Å². The molecule has 142 valence electrons. The highest BCUT2D eigenvalue weighted by atomic mass is 32.1. The van der Waals surface area contributed by atoms with Gasteiger partial charge < -0.3 is 14.9 Å². The highest BCUT2D eigenvalue weighted by molar-refractivity contribution is 7.16. The maximum absolute atomic E-state index is 12.1. The van der Waals surface area contributed by atoms with Gasteiger partial charge in [-0.15, -0.1) is 11.3 Å². The first-order chi connectivity index (χ1) is 13.5. The Hall–Kier alpha value is -3.11. The normalized spacial score (nSPS) is 16.6. The van der Waals surface area contributed by atoms with Gasteiger partial charge in [-0.2, -0.15) is 5.26 Å². The number of hydrogen-bond donors (Lipinski definition) is 1.